The lowest BCUT2D eigenvalue weighted by molar-refractivity contribution is -0.117. The summed E-state index contributed by atoms with van der Waals surface area (Å²) in [5, 5.41) is 8.60. The van der Waals surface area contributed by atoms with E-state index in [1.54, 1.807) is 29.2 Å². The molecule has 1 amide bonds. The predicted molar refractivity (Wildman–Crippen MR) is 145 cm³/mol. The molecule has 1 fully saturated rings. The maximum atomic E-state index is 13.4. The Morgan fingerprint density at radius 1 is 0.892 bits per heavy atom. The fourth-order valence-electron chi connectivity index (χ4n) is 4.44. The summed E-state index contributed by atoms with van der Waals surface area (Å²) in [6.45, 7) is 0.736. The largest absolute Gasteiger partial charge is 0.324 e. The van der Waals surface area contributed by atoms with Crippen molar-refractivity contribution in [1.29, 1.82) is 0 Å². The molecule has 37 heavy (non-hydrogen) atoms. The van der Waals surface area contributed by atoms with Crippen LogP contribution in [0.15, 0.2) is 89.9 Å². The molecular weight excluding hydrogens is 488 g/mol. The van der Waals surface area contributed by atoms with E-state index in [9.17, 15) is 9.59 Å². The monoisotopic (exact) mass is 508 g/mol. The van der Waals surface area contributed by atoms with Crippen LogP contribution in [0.1, 0.15) is 12.8 Å². The van der Waals surface area contributed by atoms with Crippen molar-refractivity contribution in [3.05, 3.63) is 100 Å². The van der Waals surface area contributed by atoms with Crippen molar-refractivity contribution < 1.29 is 4.79 Å². The molecule has 3 heterocycles. The Kier molecular flexibility index (Phi) is 5.86. The Hall–Kier alpha value is -4.56. The van der Waals surface area contributed by atoms with E-state index in [1.807, 2.05) is 54.6 Å². The molecule has 9 heteroatoms. The van der Waals surface area contributed by atoms with Crippen molar-refractivity contribution in [2.45, 2.75) is 12.8 Å². The smallest absolute Gasteiger partial charge is 0.282 e. The number of nitrogens with zero attached hydrogens (tertiary/aromatic N) is 5. The van der Waals surface area contributed by atoms with Gasteiger partial charge in [-0.15, -0.1) is 0 Å². The quantitative estimate of drug-likeness (QED) is 0.343. The number of aromatic nitrogens is 4. The lowest BCUT2D eigenvalue weighted by Crippen LogP contribution is -2.23. The second kappa shape index (κ2) is 9.48. The zero-order chi connectivity index (χ0) is 25.4. The van der Waals surface area contributed by atoms with E-state index in [4.69, 9.17) is 11.6 Å². The molecule has 0 spiro atoms. The number of amides is 1. The lowest BCUT2D eigenvalue weighted by Gasteiger charge is -2.16. The van der Waals surface area contributed by atoms with Gasteiger partial charge in [0.05, 0.1) is 16.1 Å². The van der Waals surface area contributed by atoms with Gasteiger partial charge in [0.2, 0.25) is 11.9 Å². The molecule has 0 aliphatic carbocycles. The first kappa shape index (κ1) is 22.9. The zero-order valence-electron chi connectivity index (χ0n) is 19.6. The molecule has 3 aromatic carbocycles. The number of fused-ring (bicyclic) bond motifs is 1. The van der Waals surface area contributed by atoms with Crippen LogP contribution in [-0.4, -0.2) is 32.2 Å². The van der Waals surface area contributed by atoms with Crippen LogP contribution in [0.5, 0.6) is 0 Å². The molecular formula is C28H21ClN6O2. The molecule has 1 N–H and O–H groups in total. The number of rotatable bonds is 5. The normalized spacial score (nSPS) is 13.3. The number of halogens is 1. The number of nitrogens with one attached hydrogen (secondary N) is 1. The number of hydrogen-bond acceptors (Lipinski definition) is 6. The highest BCUT2D eigenvalue weighted by Gasteiger charge is 2.21. The molecule has 2 aromatic heterocycles. The number of hydrogen-bond donors (Lipinski definition) is 1. The van der Waals surface area contributed by atoms with Crippen LogP contribution >= 0.6 is 11.6 Å². The van der Waals surface area contributed by atoms with Gasteiger partial charge in [-0.2, -0.15) is 9.78 Å². The Morgan fingerprint density at radius 2 is 1.65 bits per heavy atom. The van der Waals surface area contributed by atoms with Gasteiger partial charge in [0, 0.05) is 36.1 Å². The first-order valence-corrected chi connectivity index (χ1v) is 12.2. The van der Waals surface area contributed by atoms with Crippen LogP contribution in [-0.2, 0) is 4.79 Å². The Labute approximate surface area is 217 Å². The van der Waals surface area contributed by atoms with Crippen molar-refractivity contribution in [1.82, 2.24) is 19.7 Å². The topological polar surface area (TPSA) is 93.0 Å². The summed E-state index contributed by atoms with van der Waals surface area (Å²) >= 11 is 6.39. The van der Waals surface area contributed by atoms with Crippen molar-refractivity contribution in [2.75, 3.05) is 16.8 Å². The van der Waals surface area contributed by atoms with E-state index in [2.05, 4.69) is 20.4 Å². The van der Waals surface area contributed by atoms with Crippen molar-refractivity contribution in [2.24, 2.45) is 0 Å². The Bertz CT molecular complexity index is 1690. The van der Waals surface area contributed by atoms with E-state index in [1.165, 1.54) is 10.9 Å². The minimum Gasteiger partial charge on any atom is -0.324 e. The van der Waals surface area contributed by atoms with Gasteiger partial charge >= 0.3 is 0 Å². The lowest BCUT2D eigenvalue weighted by atomic mass is 10.1. The van der Waals surface area contributed by atoms with Crippen molar-refractivity contribution in [3.63, 3.8) is 0 Å². The van der Waals surface area contributed by atoms with E-state index in [-0.39, 0.29) is 11.5 Å². The molecule has 0 unspecified atom stereocenters. The minimum atomic E-state index is -0.367. The molecule has 0 atom stereocenters. The summed E-state index contributed by atoms with van der Waals surface area (Å²) in [4.78, 5) is 36.3. The van der Waals surface area contributed by atoms with Gasteiger partial charge in [-0.3, -0.25) is 9.59 Å². The zero-order valence-corrected chi connectivity index (χ0v) is 20.4. The van der Waals surface area contributed by atoms with Gasteiger partial charge in [-0.25, -0.2) is 9.97 Å². The minimum absolute atomic E-state index is 0.141. The molecule has 5 aromatic rings. The number of anilines is 3. The summed E-state index contributed by atoms with van der Waals surface area (Å²) in [5.74, 6) is 0.466. The van der Waals surface area contributed by atoms with Crippen molar-refractivity contribution in [3.8, 4) is 16.9 Å². The molecule has 0 radical (unpaired) electrons. The van der Waals surface area contributed by atoms with Crippen molar-refractivity contribution >= 4 is 45.7 Å². The average Bonchev–Trinajstić information content (AvgIpc) is 3.36. The molecule has 6 rings (SSSR count). The summed E-state index contributed by atoms with van der Waals surface area (Å²) in [5.41, 5.74) is 3.50. The second-order valence-corrected chi connectivity index (χ2v) is 9.07. The van der Waals surface area contributed by atoms with Crippen LogP contribution in [0.3, 0.4) is 0 Å². The van der Waals surface area contributed by atoms with Crippen LogP contribution in [0.4, 0.5) is 17.3 Å². The van der Waals surface area contributed by atoms with Gasteiger partial charge in [0.1, 0.15) is 11.2 Å². The van der Waals surface area contributed by atoms with E-state index >= 15 is 0 Å². The second-order valence-electron chi connectivity index (χ2n) is 8.66. The molecule has 0 bridgehead atoms. The molecule has 0 saturated carbocycles. The standard InChI is InChI=1S/C28H21ClN6O2/c29-22-9-4-5-10-23(22)35-27(37)21-17-30-28(32-26(21)25(33-35)18-7-2-1-3-8-18)31-19-12-14-20(15-13-19)34-16-6-11-24(34)36/h1-5,7-10,12-15,17H,6,11,16H2,(H,30,31,32). The van der Waals surface area contributed by atoms with Gasteiger partial charge < -0.3 is 10.2 Å². The fraction of sp³-hybridized carbons (Fsp3) is 0.107. The number of carbonyl (C=O) groups excluding carboxylic acids is 1. The fourth-order valence-corrected chi connectivity index (χ4v) is 4.65. The summed E-state index contributed by atoms with van der Waals surface area (Å²) in [7, 11) is 0. The van der Waals surface area contributed by atoms with Crippen LogP contribution in [0.25, 0.3) is 27.8 Å². The third-order valence-electron chi connectivity index (χ3n) is 6.27. The van der Waals surface area contributed by atoms with E-state index in [0.29, 0.717) is 39.7 Å². The van der Waals surface area contributed by atoms with Crippen LogP contribution in [0.2, 0.25) is 5.02 Å². The third kappa shape index (κ3) is 4.32. The highest BCUT2D eigenvalue weighted by atomic mass is 35.5. The summed E-state index contributed by atoms with van der Waals surface area (Å²) in [6, 6.07) is 24.1. The molecule has 1 aliphatic rings. The average molecular weight is 509 g/mol. The maximum Gasteiger partial charge on any atom is 0.282 e. The predicted octanol–water partition coefficient (Wildman–Crippen LogP) is 5.37. The van der Waals surface area contributed by atoms with Gasteiger partial charge in [-0.05, 0) is 42.8 Å². The number of carbonyl (C=O) groups is 1. The first-order chi connectivity index (χ1) is 18.1. The summed E-state index contributed by atoms with van der Waals surface area (Å²) < 4.78 is 1.29. The summed E-state index contributed by atoms with van der Waals surface area (Å²) in [6.07, 6.45) is 2.96. The molecule has 1 aliphatic heterocycles. The van der Waals surface area contributed by atoms with Crippen LogP contribution < -0.4 is 15.8 Å². The van der Waals surface area contributed by atoms with E-state index in [0.717, 1.165) is 29.9 Å². The van der Waals surface area contributed by atoms with Gasteiger partial charge in [-0.1, -0.05) is 54.1 Å². The third-order valence-corrected chi connectivity index (χ3v) is 6.59. The number of benzene rings is 3. The van der Waals surface area contributed by atoms with Gasteiger partial charge in [0.15, 0.2) is 0 Å². The van der Waals surface area contributed by atoms with Crippen LogP contribution in [0, 0.1) is 0 Å². The van der Waals surface area contributed by atoms with Gasteiger partial charge in [0.25, 0.3) is 5.56 Å². The Morgan fingerprint density at radius 3 is 2.38 bits per heavy atom. The van der Waals surface area contributed by atoms with E-state index < -0.39 is 0 Å². The molecule has 8 nitrogen and oxygen atoms in total. The number of para-hydroxylation sites is 1. The first-order valence-electron chi connectivity index (χ1n) is 11.9. The SMILES string of the molecule is O=C1CCCN1c1ccc(Nc2ncc3c(=O)n(-c4ccccc4Cl)nc(-c4ccccc4)c3n2)cc1. The molecule has 182 valence electrons. The maximum absolute atomic E-state index is 13.4. The highest BCUT2D eigenvalue weighted by molar-refractivity contribution is 6.32. The highest BCUT2D eigenvalue weighted by Crippen LogP contribution is 2.28. The molecule has 1 saturated heterocycles. The Balaban J connectivity index is 1.43.